The summed E-state index contributed by atoms with van der Waals surface area (Å²) < 4.78 is 4.57. The third kappa shape index (κ3) is 1.45. The molecule has 0 saturated heterocycles. The predicted octanol–water partition coefficient (Wildman–Crippen LogP) is -0.673. The molecule has 0 aromatic rings. The molecule has 0 aromatic carbocycles. The molecule has 4 N–H and O–H groups in total. The second kappa shape index (κ2) is 2.17. The fourth-order valence-corrected chi connectivity index (χ4v) is 0.351. The van der Waals surface area contributed by atoms with Gasteiger partial charge in [0.1, 0.15) is 5.84 Å². The van der Waals surface area contributed by atoms with Crippen LogP contribution < -0.4 is 11.2 Å². The molecule has 5 heteroatoms. The molecule has 0 aliphatic carbocycles. The first-order chi connectivity index (χ1) is 4.29. The van der Waals surface area contributed by atoms with Crippen LogP contribution in [0.1, 0.15) is 0 Å². The van der Waals surface area contributed by atoms with Gasteiger partial charge >= 0.3 is 6.02 Å². The van der Waals surface area contributed by atoms with E-state index in [1.807, 2.05) is 0 Å². The van der Waals surface area contributed by atoms with E-state index in [1.54, 1.807) is 0 Å². The summed E-state index contributed by atoms with van der Waals surface area (Å²) in [5, 5.41) is 10.4. The Bertz CT molecular complexity index is 183. The number of amidine groups is 2. The van der Waals surface area contributed by atoms with Crippen LogP contribution in [-0.2, 0) is 4.74 Å². The van der Waals surface area contributed by atoms with Crippen molar-refractivity contribution in [2.24, 2.45) is 10.8 Å². The smallest absolute Gasteiger partial charge is 0.307 e. The summed E-state index contributed by atoms with van der Waals surface area (Å²) in [6, 6.07) is -0.133. The Labute approximate surface area is 51.7 Å². The van der Waals surface area contributed by atoms with Gasteiger partial charge in [-0.05, 0) is 0 Å². The molecule has 5 nitrogen and oxygen atoms in total. The van der Waals surface area contributed by atoms with E-state index in [4.69, 9.17) is 11.1 Å². The largest absolute Gasteiger partial charge is 0.433 e. The minimum atomic E-state index is -0.133. The zero-order chi connectivity index (χ0) is 6.69. The van der Waals surface area contributed by atoms with E-state index in [-0.39, 0.29) is 11.9 Å². The molecule has 0 unspecified atom stereocenters. The number of ether oxygens (including phenoxy) is 1. The second-order valence-electron chi connectivity index (χ2n) is 1.40. The van der Waals surface area contributed by atoms with Crippen LogP contribution in [0.15, 0.2) is 17.4 Å². The lowest BCUT2D eigenvalue weighted by Gasteiger charge is -1.94. The van der Waals surface area contributed by atoms with Gasteiger partial charge in [0.2, 0.25) is 0 Å². The molecule has 9 heavy (non-hydrogen) atoms. The molecule has 48 valence electrons. The van der Waals surface area contributed by atoms with Crippen LogP contribution in [0.2, 0.25) is 0 Å². The highest BCUT2D eigenvalue weighted by Crippen LogP contribution is 1.83. The molecule has 0 fully saturated rings. The molecule has 0 radical (unpaired) electrons. The normalized spacial score (nSPS) is 17.3. The Hall–Kier alpha value is -1.52. The Morgan fingerprint density at radius 3 is 3.33 bits per heavy atom. The molecule has 0 bridgehead atoms. The highest BCUT2D eigenvalue weighted by atomic mass is 16.5. The number of hydrogen-bond donors (Lipinski definition) is 3. The summed E-state index contributed by atoms with van der Waals surface area (Å²) in [5.74, 6) is 0.289. The molecule has 1 rings (SSSR count). The van der Waals surface area contributed by atoms with E-state index in [9.17, 15) is 0 Å². The summed E-state index contributed by atoms with van der Waals surface area (Å²) in [7, 11) is 0. The highest BCUT2D eigenvalue weighted by molar-refractivity contribution is 5.92. The van der Waals surface area contributed by atoms with Crippen molar-refractivity contribution in [3.63, 3.8) is 0 Å². The van der Waals surface area contributed by atoms with Crippen molar-refractivity contribution in [3.8, 4) is 0 Å². The first-order valence-corrected chi connectivity index (χ1v) is 2.30. The van der Waals surface area contributed by atoms with Gasteiger partial charge in [-0.2, -0.15) is 5.10 Å². The van der Waals surface area contributed by atoms with Gasteiger partial charge in [0.15, 0.2) is 0 Å². The lowest BCUT2D eigenvalue weighted by atomic mass is 10.6. The lowest BCUT2D eigenvalue weighted by Crippen LogP contribution is -2.19. The number of nitrogens with one attached hydrogen (secondary N) is 2. The first-order valence-electron chi connectivity index (χ1n) is 2.30. The van der Waals surface area contributed by atoms with Crippen LogP contribution in [0.3, 0.4) is 0 Å². The van der Waals surface area contributed by atoms with Crippen molar-refractivity contribution in [2.75, 3.05) is 0 Å². The summed E-state index contributed by atoms with van der Waals surface area (Å²) in [6.45, 7) is 0. The molecule has 0 atom stereocenters. The zero-order valence-electron chi connectivity index (χ0n) is 4.59. The van der Waals surface area contributed by atoms with Gasteiger partial charge in [-0.3, -0.25) is 0 Å². The van der Waals surface area contributed by atoms with E-state index in [0.29, 0.717) is 0 Å². The SMILES string of the molecule is N=C1NN=C(N)C=CO1. The van der Waals surface area contributed by atoms with Crippen LogP contribution in [0.25, 0.3) is 0 Å². The van der Waals surface area contributed by atoms with Gasteiger partial charge < -0.3 is 10.5 Å². The first kappa shape index (κ1) is 5.61. The van der Waals surface area contributed by atoms with Gasteiger partial charge in [-0.1, -0.05) is 0 Å². The summed E-state index contributed by atoms with van der Waals surface area (Å²) in [6.07, 6.45) is 2.75. The number of nitrogens with two attached hydrogens (primary N) is 1. The van der Waals surface area contributed by atoms with Gasteiger partial charge in [-0.25, -0.2) is 10.8 Å². The van der Waals surface area contributed by atoms with E-state index < -0.39 is 0 Å². The molecular weight excluding hydrogens is 120 g/mol. The molecule has 0 amide bonds. The maximum Gasteiger partial charge on any atom is 0.307 e. The van der Waals surface area contributed by atoms with Crippen LogP contribution in [0.5, 0.6) is 0 Å². The summed E-state index contributed by atoms with van der Waals surface area (Å²) in [5.41, 5.74) is 7.48. The van der Waals surface area contributed by atoms with Crippen molar-refractivity contribution in [3.05, 3.63) is 12.3 Å². The number of rotatable bonds is 0. The highest BCUT2D eigenvalue weighted by Gasteiger charge is 1.95. The maximum absolute atomic E-state index is 6.87. The molecule has 0 spiro atoms. The predicted molar refractivity (Wildman–Crippen MR) is 32.7 cm³/mol. The van der Waals surface area contributed by atoms with E-state index in [1.165, 1.54) is 12.3 Å². The maximum atomic E-state index is 6.87. The third-order valence-electron chi connectivity index (χ3n) is 0.711. The average molecular weight is 126 g/mol. The van der Waals surface area contributed by atoms with Crippen LogP contribution in [-0.4, -0.2) is 11.9 Å². The fourth-order valence-electron chi connectivity index (χ4n) is 0.351. The van der Waals surface area contributed by atoms with Gasteiger partial charge in [0.05, 0.1) is 6.26 Å². The minimum Gasteiger partial charge on any atom is -0.433 e. The minimum absolute atomic E-state index is 0.133. The lowest BCUT2D eigenvalue weighted by molar-refractivity contribution is 0.444. The molecular formula is C4H6N4O. The van der Waals surface area contributed by atoms with E-state index in [2.05, 4.69) is 15.3 Å². The van der Waals surface area contributed by atoms with E-state index >= 15 is 0 Å². The third-order valence-corrected chi connectivity index (χ3v) is 0.711. The van der Waals surface area contributed by atoms with Gasteiger partial charge in [0, 0.05) is 6.08 Å². The second-order valence-corrected chi connectivity index (χ2v) is 1.40. The van der Waals surface area contributed by atoms with Crippen molar-refractivity contribution >= 4 is 11.9 Å². The zero-order valence-corrected chi connectivity index (χ0v) is 4.59. The molecule has 1 aliphatic rings. The Kier molecular flexibility index (Phi) is 1.35. The number of hydrazone groups is 1. The Morgan fingerprint density at radius 2 is 2.56 bits per heavy atom. The molecule has 1 aliphatic heterocycles. The average Bonchev–Trinajstić information content (AvgIpc) is 1.97. The monoisotopic (exact) mass is 126 g/mol. The molecule has 0 aromatic heterocycles. The topological polar surface area (TPSA) is 83.5 Å². The van der Waals surface area contributed by atoms with Crippen molar-refractivity contribution in [1.82, 2.24) is 5.43 Å². The van der Waals surface area contributed by atoms with Crippen molar-refractivity contribution in [2.45, 2.75) is 0 Å². The standard InChI is InChI=1S/C4H6N4O/c5-3-1-2-9-4(6)8-7-3/h1-2H,(H2,5,7)(H2,6,8). The van der Waals surface area contributed by atoms with E-state index in [0.717, 1.165) is 0 Å². The van der Waals surface area contributed by atoms with Crippen LogP contribution in [0, 0.1) is 5.41 Å². The molecule has 0 saturated carbocycles. The summed E-state index contributed by atoms with van der Waals surface area (Å²) in [4.78, 5) is 0. The van der Waals surface area contributed by atoms with Gasteiger partial charge in [0.25, 0.3) is 0 Å². The van der Waals surface area contributed by atoms with Crippen molar-refractivity contribution in [1.29, 1.82) is 5.41 Å². The molecule has 1 heterocycles. The fraction of sp³-hybridized carbons (Fsp3) is 0. The number of hydrogen-bond acceptors (Lipinski definition) is 4. The summed E-state index contributed by atoms with van der Waals surface area (Å²) >= 11 is 0. The van der Waals surface area contributed by atoms with Crippen LogP contribution in [0.4, 0.5) is 0 Å². The van der Waals surface area contributed by atoms with Gasteiger partial charge in [-0.15, -0.1) is 0 Å². The van der Waals surface area contributed by atoms with Crippen molar-refractivity contribution < 1.29 is 4.74 Å². The Morgan fingerprint density at radius 1 is 1.78 bits per heavy atom. The Balaban J connectivity index is 2.69. The number of nitrogens with zero attached hydrogens (tertiary/aromatic N) is 1. The quantitative estimate of drug-likeness (QED) is 0.402. The van der Waals surface area contributed by atoms with Crippen LogP contribution >= 0.6 is 0 Å².